The van der Waals surface area contributed by atoms with Crippen LogP contribution >= 0.6 is 11.6 Å². The summed E-state index contributed by atoms with van der Waals surface area (Å²) in [5, 5.41) is 3.67. The van der Waals surface area contributed by atoms with Gasteiger partial charge in [0.15, 0.2) is 0 Å². The Hall–Kier alpha value is -2.78. The van der Waals surface area contributed by atoms with Crippen molar-refractivity contribution in [2.75, 3.05) is 5.32 Å². The molecule has 0 spiro atoms. The van der Waals surface area contributed by atoms with Crippen molar-refractivity contribution in [3.8, 4) is 0 Å². The molecule has 0 aliphatic heterocycles. The van der Waals surface area contributed by atoms with Crippen LogP contribution in [0.4, 0.5) is 10.5 Å². The number of nitrogens with one attached hydrogen (secondary N) is 1. The SMILES string of the molecule is Cc1ccc(NC(=O)N(Cc2ccccc2)Cc2ccc(Cl)cc2)cc1. The summed E-state index contributed by atoms with van der Waals surface area (Å²) in [6, 6.07) is 25.2. The summed E-state index contributed by atoms with van der Waals surface area (Å²) < 4.78 is 0. The van der Waals surface area contributed by atoms with Crippen LogP contribution in [0, 0.1) is 6.92 Å². The highest BCUT2D eigenvalue weighted by atomic mass is 35.5. The fourth-order valence-electron chi connectivity index (χ4n) is 2.65. The van der Waals surface area contributed by atoms with E-state index in [1.165, 1.54) is 0 Å². The van der Waals surface area contributed by atoms with E-state index in [9.17, 15) is 4.79 Å². The molecule has 0 unspecified atom stereocenters. The summed E-state index contributed by atoms with van der Waals surface area (Å²) in [4.78, 5) is 14.7. The van der Waals surface area contributed by atoms with Gasteiger partial charge in [-0.25, -0.2) is 4.79 Å². The molecule has 3 nitrogen and oxygen atoms in total. The van der Waals surface area contributed by atoms with Gasteiger partial charge in [-0.05, 0) is 42.3 Å². The van der Waals surface area contributed by atoms with E-state index < -0.39 is 0 Å². The minimum Gasteiger partial charge on any atom is -0.316 e. The van der Waals surface area contributed by atoms with Gasteiger partial charge in [-0.15, -0.1) is 0 Å². The van der Waals surface area contributed by atoms with Gasteiger partial charge >= 0.3 is 6.03 Å². The van der Waals surface area contributed by atoms with E-state index in [4.69, 9.17) is 11.6 Å². The molecule has 4 heteroatoms. The van der Waals surface area contributed by atoms with Crippen molar-refractivity contribution in [1.82, 2.24) is 4.90 Å². The Bertz CT molecular complexity index is 846. The lowest BCUT2D eigenvalue weighted by Gasteiger charge is -2.23. The first-order chi connectivity index (χ1) is 12.6. The highest BCUT2D eigenvalue weighted by Gasteiger charge is 2.15. The van der Waals surface area contributed by atoms with Crippen LogP contribution in [-0.4, -0.2) is 10.9 Å². The third-order valence-corrected chi connectivity index (χ3v) is 4.34. The normalized spacial score (nSPS) is 10.4. The van der Waals surface area contributed by atoms with Gasteiger partial charge in [0.05, 0.1) is 0 Å². The average molecular weight is 365 g/mol. The molecule has 0 aliphatic carbocycles. The van der Waals surface area contributed by atoms with Gasteiger partial charge in [0.1, 0.15) is 0 Å². The van der Waals surface area contributed by atoms with Crippen LogP contribution in [-0.2, 0) is 13.1 Å². The molecular weight excluding hydrogens is 344 g/mol. The van der Waals surface area contributed by atoms with Crippen LogP contribution in [0.2, 0.25) is 5.02 Å². The molecule has 2 amide bonds. The van der Waals surface area contributed by atoms with Crippen LogP contribution in [0.1, 0.15) is 16.7 Å². The van der Waals surface area contributed by atoms with Crippen LogP contribution in [0.5, 0.6) is 0 Å². The number of nitrogens with zero attached hydrogens (tertiary/aromatic N) is 1. The number of hydrogen-bond acceptors (Lipinski definition) is 1. The maximum Gasteiger partial charge on any atom is 0.322 e. The van der Waals surface area contributed by atoms with Gasteiger partial charge < -0.3 is 10.2 Å². The van der Waals surface area contributed by atoms with Crippen molar-refractivity contribution in [3.05, 3.63) is 101 Å². The maximum absolute atomic E-state index is 12.9. The van der Waals surface area contributed by atoms with E-state index in [2.05, 4.69) is 5.32 Å². The van der Waals surface area contributed by atoms with Crippen LogP contribution in [0.25, 0.3) is 0 Å². The highest BCUT2D eigenvalue weighted by Crippen LogP contribution is 2.16. The first kappa shape index (κ1) is 18.0. The molecule has 0 bridgehead atoms. The lowest BCUT2D eigenvalue weighted by molar-refractivity contribution is 0.206. The number of amides is 2. The molecule has 0 aliphatic rings. The molecular formula is C22H21ClN2O. The van der Waals surface area contributed by atoms with Gasteiger partial charge in [0.2, 0.25) is 0 Å². The monoisotopic (exact) mass is 364 g/mol. The molecule has 3 aromatic carbocycles. The van der Waals surface area contributed by atoms with E-state index >= 15 is 0 Å². The second-order valence-corrected chi connectivity index (χ2v) is 6.70. The van der Waals surface area contributed by atoms with Gasteiger partial charge in [0, 0.05) is 23.8 Å². The molecule has 1 N–H and O–H groups in total. The lowest BCUT2D eigenvalue weighted by atomic mass is 10.1. The molecule has 0 atom stereocenters. The molecule has 26 heavy (non-hydrogen) atoms. The number of halogens is 1. The highest BCUT2D eigenvalue weighted by molar-refractivity contribution is 6.30. The first-order valence-corrected chi connectivity index (χ1v) is 8.89. The summed E-state index contributed by atoms with van der Waals surface area (Å²) in [6.45, 7) is 3.05. The van der Waals surface area contributed by atoms with Crippen LogP contribution < -0.4 is 5.32 Å². The van der Waals surface area contributed by atoms with E-state index in [1.54, 1.807) is 4.90 Å². The number of urea groups is 1. The summed E-state index contributed by atoms with van der Waals surface area (Å²) in [5.74, 6) is 0. The predicted molar refractivity (Wildman–Crippen MR) is 107 cm³/mol. The quantitative estimate of drug-likeness (QED) is 0.602. The van der Waals surface area contributed by atoms with Crippen molar-refractivity contribution in [2.45, 2.75) is 20.0 Å². The largest absolute Gasteiger partial charge is 0.322 e. The fourth-order valence-corrected chi connectivity index (χ4v) is 2.78. The number of anilines is 1. The first-order valence-electron chi connectivity index (χ1n) is 8.51. The Morgan fingerprint density at radius 1 is 0.846 bits per heavy atom. The third kappa shape index (κ3) is 5.11. The molecule has 0 fully saturated rings. The van der Waals surface area contributed by atoms with Gasteiger partial charge in [-0.2, -0.15) is 0 Å². The Morgan fingerprint density at radius 2 is 1.42 bits per heavy atom. The zero-order valence-electron chi connectivity index (χ0n) is 14.7. The number of aryl methyl sites for hydroxylation is 1. The number of carbonyl (C=O) groups is 1. The number of hydrogen-bond donors (Lipinski definition) is 1. The van der Waals surface area contributed by atoms with Crippen molar-refractivity contribution in [2.24, 2.45) is 0 Å². The third-order valence-electron chi connectivity index (χ3n) is 4.09. The number of rotatable bonds is 5. The topological polar surface area (TPSA) is 32.3 Å². The van der Waals surface area contributed by atoms with Crippen molar-refractivity contribution >= 4 is 23.3 Å². The van der Waals surface area contributed by atoms with Crippen molar-refractivity contribution < 1.29 is 4.79 Å². The van der Waals surface area contributed by atoms with Crippen LogP contribution in [0.3, 0.4) is 0 Å². The Labute approximate surface area is 159 Å². The lowest BCUT2D eigenvalue weighted by Crippen LogP contribution is -2.34. The molecule has 0 radical (unpaired) electrons. The minimum atomic E-state index is -0.132. The second-order valence-electron chi connectivity index (χ2n) is 6.26. The maximum atomic E-state index is 12.9. The van der Waals surface area contributed by atoms with Crippen molar-refractivity contribution in [3.63, 3.8) is 0 Å². The Balaban J connectivity index is 1.77. The fraction of sp³-hybridized carbons (Fsp3) is 0.136. The van der Waals surface area contributed by atoms with Crippen molar-refractivity contribution in [1.29, 1.82) is 0 Å². The van der Waals surface area contributed by atoms with E-state index in [1.807, 2.05) is 85.8 Å². The molecule has 0 heterocycles. The van der Waals surface area contributed by atoms with E-state index in [-0.39, 0.29) is 6.03 Å². The zero-order chi connectivity index (χ0) is 18.4. The average Bonchev–Trinajstić information content (AvgIpc) is 2.65. The van der Waals surface area contributed by atoms with E-state index in [0.717, 1.165) is 22.4 Å². The Morgan fingerprint density at radius 3 is 2.04 bits per heavy atom. The molecule has 0 saturated heterocycles. The van der Waals surface area contributed by atoms with E-state index in [0.29, 0.717) is 18.1 Å². The number of carbonyl (C=O) groups excluding carboxylic acids is 1. The second kappa shape index (κ2) is 8.54. The molecule has 132 valence electrons. The standard InChI is InChI=1S/C22H21ClN2O/c1-17-7-13-21(14-8-17)24-22(26)25(15-18-5-3-2-4-6-18)16-19-9-11-20(23)12-10-19/h2-14H,15-16H2,1H3,(H,24,26). The van der Waals surface area contributed by atoms with Gasteiger partial charge in [-0.3, -0.25) is 0 Å². The van der Waals surface area contributed by atoms with Gasteiger partial charge in [-0.1, -0.05) is 71.8 Å². The smallest absolute Gasteiger partial charge is 0.316 e. The Kier molecular flexibility index (Phi) is 5.92. The molecule has 3 rings (SSSR count). The summed E-state index contributed by atoms with van der Waals surface area (Å²) >= 11 is 5.97. The summed E-state index contributed by atoms with van der Waals surface area (Å²) in [5.41, 5.74) is 4.06. The zero-order valence-corrected chi connectivity index (χ0v) is 15.4. The van der Waals surface area contributed by atoms with Crippen LogP contribution in [0.15, 0.2) is 78.9 Å². The predicted octanol–water partition coefficient (Wildman–Crippen LogP) is 5.88. The minimum absolute atomic E-state index is 0.132. The number of benzene rings is 3. The molecule has 3 aromatic rings. The summed E-state index contributed by atoms with van der Waals surface area (Å²) in [6.07, 6.45) is 0. The van der Waals surface area contributed by atoms with Gasteiger partial charge in [0.25, 0.3) is 0 Å². The molecule has 0 saturated carbocycles. The summed E-state index contributed by atoms with van der Waals surface area (Å²) in [7, 11) is 0. The molecule has 0 aromatic heterocycles.